The molecule has 0 aliphatic heterocycles. The third kappa shape index (κ3) is 2.46. The minimum atomic E-state index is 0. The summed E-state index contributed by atoms with van der Waals surface area (Å²) in [5.41, 5.74) is 10.1. The van der Waals surface area contributed by atoms with Crippen molar-refractivity contribution < 1.29 is 0 Å². The summed E-state index contributed by atoms with van der Waals surface area (Å²) in [7, 11) is 0. The van der Waals surface area contributed by atoms with E-state index in [0.717, 1.165) is 0 Å². The molecule has 0 amide bonds. The van der Waals surface area contributed by atoms with Gasteiger partial charge in [0.15, 0.2) is 0 Å². The van der Waals surface area contributed by atoms with Crippen molar-refractivity contribution in [1.29, 1.82) is 0 Å². The van der Waals surface area contributed by atoms with Crippen LogP contribution in [0.1, 0.15) is 0 Å². The Morgan fingerprint density at radius 3 is 1.89 bits per heavy atom. The second-order valence-corrected chi connectivity index (χ2v) is 1.08. The molecule has 0 saturated heterocycles. The Kier molecular flexibility index (Phi) is 4.29. The topological polar surface area (TPSA) is 164 Å². The van der Waals surface area contributed by atoms with Crippen LogP contribution in [0.4, 0.5) is 11.9 Å². The first-order valence-electron chi connectivity index (χ1n) is 1.72. The van der Waals surface area contributed by atoms with E-state index in [1.54, 1.807) is 0 Å². The summed E-state index contributed by atoms with van der Waals surface area (Å²) in [6.07, 6.45) is 0. The van der Waals surface area contributed by atoms with Gasteiger partial charge in [-0.3, -0.25) is 0 Å². The number of nitrogen functional groups attached to an aromatic ring is 2. The SMILES string of the molecule is N.N.Nc1n[nH]c(N)n1. The molecule has 9 heavy (non-hydrogen) atoms. The van der Waals surface area contributed by atoms with Gasteiger partial charge in [-0.15, -0.1) is 5.10 Å². The van der Waals surface area contributed by atoms with Gasteiger partial charge in [-0.1, -0.05) is 0 Å². The molecule has 0 radical (unpaired) electrons. The van der Waals surface area contributed by atoms with Gasteiger partial charge in [0.1, 0.15) is 0 Å². The van der Waals surface area contributed by atoms with Gasteiger partial charge in [0.05, 0.1) is 0 Å². The van der Waals surface area contributed by atoms with Crippen LogP contribution in [0.2, 0.25) is 0 Å². The van der Waals surface area contributed by atoms with Crippen LogP contribution in [0.15, 0.2) is 0 Å². The van der Waals surface area contributed by atoms with Gasteiger partial charge in [0.2, 0.25) is 11.9 Å². The molecule has 0 atom stereocenters. The zero-order valence-corrected chi connectivity index (χ0v) is 4.96. The number of hydrogen-bond acceptors (Lipinski definition) is 6. The van der Waals surface area contributed by atoms with E-state index in [4.69, 9.17) is 11.5 Å². The number of anilines is 2. The Morgan fingerprint density at radius 1 is 1.22 bits per heavy atom. The number of hydrogen-bond donors (Lipinski definition) is 5. The van der Waals surface area contributed by atoms with Gasteiger partial charge in [-0.2, -0.15) is 4.98 Å². The number of nitrogens with two attached hydrogens (primary N) is 2. The van der Waals surface area contributed by atoms with E-state index in [0.29, 0.717) is 0 Å². The highest BCUT2D eigenvalue weighted by atomic mass is 15.3. The summed E-state index contributed by atoms with van der Waals surface area (Å²) < 4.78 is 0. The Hall–Kier alpha value is -1.34. The minimum absolute atomic E-state index is 0. The lowest BCUT2D eigenvalue weighted by Gasteiger charge is -1.69. The monoisotopic (exact) mass is 133 g/mol. The van der Waals surface area contributed by atoms with Crippen molar-refractivity contribution in [3.63, 3.8) is 0 Å². The fourth-order valence-electron chi connectivity index (χ4n) is 0.288. The summed E-state index contributed by atoms with van der Waals surface area (Å²) in [4.78, 5) is 3.50. The molecular weight excluding hydrogens is 122 g/mol. The molecule has 7 nitrogen and oxygen atoms in total. The minimum Gasteiger partial charge on any atom is -0.368 e. The molecule has 0 bridgehead atoms. The molecular formula is C2H11N7. The molecule has 1 heterocycles. The highest BCUT2D eigenvalue weighted by molar-refractivity contribution is 5.23. The number of H-pyrrole nitrogens is 1. The number of rotatable bonds is 0. The molecule has 0 saturated carbocycles. The van der Waals surface area contributed by atoms with Crippen LogP contribution in [0, 0.1) is 0 Å². The number of nitrogens with one attached hydrogen (secondary N) is 1. The molecule has 0 aromatic carbocycles. The van der Waals surface area contributed by atoms with Crippen molar-refractivity contribution in [2.24, 2.45) is 0 Å². The standard InChI is InChI=1S/C2H5N5.2H3N/c3-1-5-2(4)7-6-1;;/h(H5,3,4,5,6,7);2*1H3. The summed E-state index contributed by atoms with van der Waals surface area (Å²) in [6, 6.07) is 0. The lowest BCUT2D eigenvalue weighted by atomic mass is 11.0. The van der Waals surface area contributed by atoms with Gasteiger partial charge in [0, 0.05) is 0 Å². The summed E-state index contributed by atoms with van der Waals surface area (Å²) in [6.45, 7) is 0. The van der Waals surface area contributed by atoms with Crippen molar-refractivity contribution in [2.75, 3.05) is 11.5 Å². The van der Waals surface area contributed by atoms with E-state index in [1.165, 1.54) is 0 Å². The smallest absolute Gasteiger partial charge is 0.241 e. The van der Waals surface area contributed by atoms with Crippen molar-refractivity contribution in [1.82, 2.24) is 27.5 Å². The number of nitrogens with zero attached hydrogens (tertiary/aromatic N) is 2. The molecule has 0 aliphatic carbocycles. The average molecular weight is 133 g/mol. The largest absolute Gasteiger partial charge is 0.368 e. The fourth-order valence-corrected chi connectivity index (χ4v) is 0.288. The van der Waals surface area contributed by atoms with Gasteiger partial charge in [-0.25, -0.2) is 5.10 Å². The molecule has 0 unspecified atom stereocenters. The van der Waals surface area contributed by atoms with E-state index in [2.05, 4.69) is 15.2 Å². The van der Waals surface area contributed by atoms with Crippen LogP contribution < -0.4 is 23.8 Å². The molecule has 0 aliphatic rings. The second-order valence-electron chi connectivity index (χ2n) is 1.08. The maximum absolute atomic E-state index is 5.07. The molecule has 0 fully saturated rings. The Balaban J connectivity index is 0. The molecule has 1 aromatic rings. The quantitative estimate of drug-likeness (QED) is 0.313. The van der Waals surface area contributed by atoms with Crippen LogP contribution in [0.3, 0.4) is 0 Å². The lowest BCUT2D eigenvalue weighted by Crippen LogP contribution is -1.87. The van der Waals surface area contributed by atoms with E-state index in [9.17, 15) is 0 Å². The Morgan fingerprint density at radius 2 is 1.78 bits per heavy atom. The molecule has 1 aromatic heterocycles. The highest BCUT2D eigenvalue weighted by Crippen LogP contribution is 1.89. The van der Waals surface area contributed by atoms with Crippen molar-refractivity contribution in [3.8, 4) is 0 Å². The number of aromatic nitrogens is 3. The molecule has 54 valence electrons. The fraction of sp³-hybridized carbons (Fsp3) is 0. The average Bonchev–Trinajstić information content (AvgIpc) is 1.87. The summed E-state index contributed by atoms with van der Waals surface area (Å²) in [5.74, 6) is 0.426. The lowest BCUT2D eigenvalue weighted by molar-refractivity contribution is 1.11. The third-order valence-electron chi connectivity index (χ3n) is 0.520. The first-order chi connectivity index (χ1) is 3.29. The van der Waals surface area contributed by atoms with Gasteiger partial charge in [0.25, 0.3) is 0 Å². The van der Waals surface area contributed by atoms with E-state index < -0.39 is 0 Å². The van der Waals surface area contributed by atoms with Crippen LogP contribution in [0.5, 0.6) is 0 Å². The highest BCUT2D eigenvalue weighted by Gasteiger charge is 1.87. The summed E-state index contributed by atoms with van der Waals surface area (Å²) >= 11 is 0. The van der Waals surface area contributed by atoms with Crippen molar-refractivity contribution in [2.45, 2.75) is 0 Å². The Bertz CT molecular complexity index is 139. The molecule has 11 N–H and O–H groups in total. The van der Waals surface area contributed by atoms with Crippen LogP contribution in [-0.4, -0.2) is 15.2 Å². The zero-order chi connectivity index (χ0) is 5.28. The Labute approximate surface area is 52.0 Å². The van der Waals surface area contributed by atoms with E-state index in [-0.39, 0.29) is 24.2 Å². The predicted octanol–water partition coefficient (Wildman–Crippen LogP) is -0.707. The van der Waals surface area contributed by atoms with Gasteiger partial charge < -0.3 is 23.8 Å². The third-order valence-corrected chi connectivity index (χ3v) is 0.520. The zero-order valence-electron chi connectivity index (χ0n) is 4.96. The summed E-state index contributed by atoms with van der Waals surface area (Å²) in [5, 5.41) is 5.79. The molecule has 0 spiro atoms. The predicted molar refractivity (Wildman–Crippen MR) is 35.3 cm³/mol. The maximum atomic E-state index is 5.07. The van der Waals surface area contributed by atoms with Crippen LogP contribution in [-0.2, 0) is 0 Å². The second kappa shape index (κ2) is 3.64. The van der Waals surface area contributed by atoms with Gasteiger partial charge in [-0.05, 0) is 0 Å². The van der Waals surface area contributed by atoms with E-state index in [1.807, 2.05) is 0 Å². The van der Waals surface area contributed by atoms with Crippen LogP contribution in [0.25, 0.3) is 0 Å². The maximum Gasteiger partial charge on any atom is 0.241 e. The van der Waals surface area contributed by atoms with Crippen molar-refractivity contribution >= 4 is 11.9 Å². The molecule has 7 heteroatoms. The van der Waals surface area contributed by atoms with Crippen molar-refractivity contribution in [3.05, 3.63) is 0 Å². The van der Waals surface area contributed by atoms with E-state index >= 15 is 0 Å². The first kappa shape index (κ1) is 10.6. The molecule has 1 rings (SSSR count). The normalized spacial score (nSPS) is 7.11. The number of aromatic amines is 1. The first-order valence-corrected chi connectivity index (χ1v) is 1.72. The van der Waals surface area contributed by atoms with Crippen LogP contribution >= 0.6 is 0 Å². The van der Waals surface area contributed by atoms with Gasteiger partial charge >= 0.3 is 0 Å².